The van der Waals surface area contributed by atoms with Crippen LogP contribution in [0.15, 0.2) is 23.2 Å². The molecule has 0 bridgehead atoms. The second-order valence-corrected chi connectivity index (χ2v) is 4.66. The molecule has 1 saturated carbocycles. The predicted octanol–water partition coefficient (Wildman–Crippen LogP) is 2.17. The molecule has 0 atom stereocenters. The molecule has 5 heteroatoms. The van der Waals surface area contributed by atoms with Gasteiger partial charge in [-0.15, -0.1) is 0 Å². The van der Waals surface area contributed by atoms with Crippen LogP contribution in [0.25, 0.3) is 0 Å². The van der Waals surface area contributed by atoms with Gasteiger partial charge in [0.1, 0.15) is 11.6 Å². The van der Waals surface area contributed by atoms with Crippen molar-refractivity contribution >= 4 is 5.96 Å². The molecule has 0 aliphatic heterocycles. The maximum absolute atomic E-state index is 12.9. The summed E-state index contributed by atoms with van der Waals surface area (Å²) in [4.78, 5) is 4.06. The standard InChI is InChI=1S/C13H17F2N3/c14-11-4-10(5-12(15)6-11)8-18-13(16)17-7-9-2-1-3-9/h4-6,9H,1-3,7-8H2,(H3,16,17,18). The predicted molar refractivity (Wildman–Crippen MR) is 67.0 cm³/mol. The topological polar surface area (TPSA) is 50.4 Å². The fourth-order valence-electron chi connectivity index (χ4n) is 1.88. The molecule has 1 aromatic rings. The molecule has 3 nitrogen and oxygen atoms in total. The molecule has 18 heavy (non-hydrogen) atoms. The van der Waals surface area contributed by atoms with E-state index in [4.69, 9.17) is 5.73 Å². The van der Waals surface area contributed by atoms with Crippen molar-refractivity contribution in [1.29, 1.82) is 0 Å². The molecule has 3 N–H and O–H groups in total. The van der Waals surface area contributed by atoms with Crippen molar-refractivity contribution in [2.45, 2.75) is 25.8 Å². The van der Waals surface area contributed by atoms with Crippen LogP contribution in [0.1, 0.15) is 24.8 Å². The van der Waals surface area contributed by atoms with Crippen molar-refractivity contribution in [1.82, 2.24) is 5.32 Å². The number of aliphatic imine (C=N–C) groups is 1. The molecule has 0 heterocycles. The Morgan fingerprint density at radius 2 is 1.94 bits per heavy atom. The monoisotopic (exact) mass is 253 g/mol. The summed E-state index contributed by atoms with van der Waals surface area (Å²) in [5, 5.41) is 3.02. The van der Waals surface area contributed by atoms with Crippen LogP contribution in [0.2, 0.25) is 0 Å². The van der Waals surface area contributed by atoms with E-state index in [-0.39, 0.29) is 6.54 Å². The third-order valence-electron chi connectivity index (χ3n) is 3.15. The SMILES string of the molecule is NC(=NCc1cc(F)cc(F)c1)NCC1CCC1. The third kappa shape index (κ3) is 3.68. The molecule has 1 aliphatic carbocycles. The minimum absolute atomic E-state index is 0.179. The van der Waals surface area contributed by atoms with Crippen molar-refractivity contribution in [3.8, 4) is 0 Å². The normalized spacial score (nSPS) is 16.4. The lowest BCUT2D eigenvalue weighted by atomic mass is 9.85. The lowest BCUT2D eigenvalue weighted by Gasteiger charge is -2.25. The maximum atomic E-state index is 12.9. The molecule has 1 fully saturated rings. The number of hydrogen-bond donors (Lipinski definition) is 2. The number of nitrogens with zero attached hydrogens (tertiary/aromatic N) is 1. The number of nitrogens with two attached hydrogens (primary N) is 1. The molecule has 2 rings (SSSR count). The molecule has 1 aromatic carbocycles. The van der Waals surface area contributed by atoms with Crippen LogP contribution >= 0.6 is 0 Å². The van der Waals surface area contributed by atoms with Gasteiger partial charge in [0.15, 0.2) is 5.96 Å². The van der Waals surface area contributed by atoms with E-state index in [0.717, 1.165) is 12.6 Å². The number of hydrogen-bond acceptors (Lipinski definition) is 1. The Bertz CT molecular complexity index is 422. The second kappa shape index (κ2) is 5.80. The smallest absolute Gasteiger partial charge is 0.188 e. The van der Waals surface area contributed by atoms with Gasteiger partial charge in [-0.1, -0.05) is 6.42 Å². The fourth-order valence-corrected chi connectivity index (χ4v) is 1.88. The summed E-state index contributed by atoms with van der Waals surface area (Å²) < 4.78 is 25.8. The minimum Gasteiger partial charge on any atom is -0.370 e. The first-order valence-electron chi connectivity index (χ1n) is 6.12. The highest BCUT2D eigenvalue weighted by molar-refractivity contribution is 5.77. The average molecular weight is 253 g/mol. The maximum Gasteiger partial charge on any atom is 0.188 e. The Labute approximate surface area is 105 Å². The van der Waals surface area contributed by atoms with E-state index in [2.05, 4.69) is 10.3 Å². The molecule has 0 amide bonds. The van der Waals surface area contributed by atoms with Gasteiger partial charge in [0.05, 0.1) is 6.54 Å². The van der Waals surface area contributed by atoms with Crippen molar-refractivity contribution in [3.05, 3.63) is 35.4 Å². The molecular formula is C13H17F2N3. The van der Waals surface area contributed by atoms with Gasteiger partial charge in [0, 0.05) is 12.6 Å². The molecule has 1 aliphatic rings. The zero-order valence-electron chi connectivity index (χ0n) is 10.1. The van der Waals surface area contributed by atoms with Crippen molar-refractivity contribution < 1.29 is 8.78 Å². The Balaban J connectivity index is 1.84. The minimum atomic E-state index is -0.596. The van der Waals surface area contributed by atoms with Gasteiger partial charge in [-0.3, -0.25) is 0 Å². The van der Waals surface area contributed by atoms with E-state index in [1.165, 1.54) is 31.4 Å². The molecule has 0 aromatic heterocycles. The lowest BCUT2D eigenvalue weighted by Crippen LogP contribution is -2.37. The summed E-state index contributed by atoms with van der Waals surface area (Å²) in [7, 11) is 0. The van der Waals surface area contributed by atoms with E-state index in [9.17, 15) is 8.78 Å². The highest BCUT2D eigenvalue weighted by Crippen LogP contribution is 2.24. The van der Waals surface area contributed by atoms with Gasteiger partial charge < -0.3 is 11.1 Å². The van der Waals surface area contributed by atoms with Gasteiger partial charge in [0.25, 0.3) is 0 Å². The number of benzene rings is 1. The second-order valence-electron chi connectivity index (χ2n) is 4.66. The van der Waals surface area contributed by atoms with E-state index < -0.39 is 11.6 Å². The molecule has 0 spiro atoms. The Kier molecular flexibility index (Phi) is 4.12. The molecule has 98 valence electrons. The van der Waals surface area contributed by atoms with E-state index in [1.807, 2.05) is 0 Å². The van der Waals surface area contributed by atoms with Crippen LogP contribution in [-0.2, 0) is 6.54 Å². The Morgan fingerprint density at radius 3 is 2.50 bits per heavy atom. The number of guanidine groups is 1. The van der Waals surface area contributed by atoms with E-state index in [0.29, 0.717) is 17.4 Å². The first-order valence-corrected chi connectivity index (χ1v) is 6.12. The number of nitrogens with one attached hydrogen (secondary N) is 1. The molecule has 0 saturated heterocycles. The van der Waals surface area contributed by atoms with Crippen LogP contribution in [0, 0.1) is 17.6 Å². The van der Waals surface area contributed by atoms with E-state index >= 15 is 0 Å². The lowest BCUT2D eigenvalue weighted by molar-refractivity contribution is 0.315. The van der Waals surface area contributed by atoms with Crippen LogP contribution in [0.3, 0.4) is 0 Å². The summed E-state index contributed by atoms with van der Waals surface area (Å²) in [6.45, 7) is 1.00. The Hall–Kier alpha value is -1.65. The highest BCUT2D eigenvalue weighted by atomic mass is 19.1. The van der Waals surface area contributed by atoms with Crippen molar-refractivity contribution in [2.24, 2.45) is 16.6 Å². The van der Waals surface area contributed by atoms with Crippen LogP contribution < -0.4 is 11.1 Å². The summed E-state index contributed by atoms with van der Waals surface area (Å²) in [5.74, 6) is -0.181. The average Bonchev–Trinajstić information content (AvgIpc) is 2.23. The van der Waals surface area contributed by atoms with Crippen molar-refractivity contribution in [3.63, 3.8) is 0 Å². The summed E-state index contributed by atoms with van der Waals surface area (Å²) in [5.41, 5.74) is 6.15. The third-order valence-corrected chi connectivity index (χ3v) is 3.15. The van der Waals surface area contributed by atoms with Gasteiger partial charge in [-0.2, -0.15) is 0 Å². The van der Waals surface area contributed by atoms with Gasteiger partial charge in [0.2, 0.25) is 0 Å². The first-order chi connectivity index (χ1) is 8.63. The summed E-state index contributed by atoms with van der Waals surface area (Å²) in [6, 6.07) is 3.35. The molecule has 0 radical (unpaired) electrons. The van der Waals surface area contributed by atoms with Gasteiger partial charge >= 0.3 is 0 Å². The van der Waals surface area contributed by atoms with Crippen LogP contribution in [0.5, 0.6) is 0 Å². The van der Waals surface area contributed by atoms with Crippen LogP contribution in [0.4, 0.5) is 8.78 Å². The van der Waals surface area contributed by atoms with Gasteiger partial charge in [-0.05, 0) is 36.5 Å². The quantitative estimate of drug-likeness (QED) is 0.638. The van der Waals surface area contributed by atoms with E-state index in [1.54, 1.807) is 0 Å². The van der Waals surface area contributed by atoms with Crippen LogP contribution in [-0.4, -0.2) is 12.5 Å². The number of halogens is 2. The Morgan fingerprint density at radius 1 is 1.28 bits per heavy atom. The zero-order valence-corrected chi connectivity index (χ0v) is 10.1. The first kappa shape index (κ1) is 12.8. The molecule has 0 unspecified atom stereocenters. The molecular weight excluding hydrogens is 236 g/mol. The largest absolute Gasteiger partial charge is 0.370 e. The van der Waals surface area contributed by atoms with Crippen molar-refractivity contribution in [2.75, 3.05) is 6.54 Å². The fraction of sp³-hybridized carbons (Fsp3) is 0.462. The summed E-state index contributed by atoms with van der Waals surface area (Å²) in [6.07, 6.45) is 3.75. The highest BCUT2D eigenvalue weighted by Gasteiger charge is 2.16. The van der Waals surface area contributed by atoms with Gasteiger partial charge in [-0.25, -0.2) is 13.8 Å². The zero-order chi connectivity index (χ0) is 13.0. The summed E-state index contributed by atoms with van der Waals surface area (Å²) >= 11 is 0. The number of rotatable bonds is 4.